The Labute approximate surface area is 220 Å². The lowest BCUT2D eigenvalue weighted by Crippen LogP contribution is -2.50. The lowest BCUT2D eigenvalue weighted by atomic mass is 10.00. The van der Waals surface area contributed by atoms with Crippen LogP contribution in [0.15, 0.2) is 72.8 Å². The Balaban J connectivity index is 1.65. The average molecular weight is 504 g/mol. The fourth-order valence-corrected chi connectivity index (χ4v) is 4.38. The van der Waals surface area contributed by atoms with E-state index >= 15 is 0 Å². The predicted molar refractivity (Wildman–Crippen MR) is 151 cm³/mol. The van der Waals surface area contributed by atoms with Gasteiger partial charge in [-0.05, 0) is 85.7 Å². The molecule has 0 fully saturated rings. The molecule has 0 aliphatic heterocycles. The van der Waals surface area contributed by atoms with Crippen LogP contribution in [0, 0.1) is 0 Å². The van der Waals surface area contributed by atoms with Gasteiger partial charge in [-0.3, -0.25) is 10.1 Å². The van der Waals surface area contributed by atoms with E-state index < -0.39 is 12.3 Å². The van der Waals surface area contributed by atoms with E-state index in [-0.39, 0.29) is 11.7 Å². The minimum Gasteiger partial charge on any atom is -0.508 e. The average Bonchev–Trinajstić information content (AvgIpc) is 2.91. The van der Waals surface area contributed by atoms with Crippen LogP contribution in [0.2, 0.25) is 0 Å². The van der Waals surface area contributed by atoms with E-state index in [9.17, 15) is 15.0 Å². The van der Waals surface area contributed by atoms with Crippen LogP contribution >= 0.6 is 0 Å². The molecule has 0 aromatic heterocycles. The Morgan fingerprint density at radius 2 is 1.62 bits per heavy atom. The highest BCUT2D eigenvalue weighted by atomic mass is 16.3. The SMILES string of the molecule is CCCCCCNC(O)C(CCc1ccccc1)NC(=O)c1ccc(N)c(CCc2ccc(O)cc2)c1. The minimum absolute atomic E-state index is 0.226. The van der Waals surface area contributed by atoms with Crippen molar-refractivity contribution in [3.8, 4) is 5.75 Å². The maximum atomic E-state index is 13.2. The number of aryl methyl sites for hydroxylation is 3. The van der Waals surface area contributed by atoms with Gasteiger partial charge >= 0.3 is 0 Å². The third-order valence-electron chi connectivity index (χ3n) is 6.69. The number of nitrogens with two attached hydrogens (primary N) is 1. The molecule has 3 rings (SSSR count). The summed E-state index contributed by atoms with van der Waals surface area (Å²) in [6, 6.07) is 22.1. The molecule has 2 atom stereocenters. The molecule has 6 N–H and O–H groups in total. The van der Waals surface area contributed by atoms with Gasteiger partial charge in [0, 0.05) is 11.3 Å². The fraction of sp³-hybridized carbons (Fsp3) is 0.387. The Morgan fingerprint density at radius 3 is 2.35 bits per heavy atom. The summed E-state index contributed by atoms with van der Waals surface area (Å²) in [4.78, 5) is 13.2. The zero-order chi connectivity index (χ0) is 26.5. The molecule has 0 spiro atoms. The highest BCUT2D eigenvalue weighted by molar-refractivity contribution is 5.95. The number of phenols is 1. The molecule has 0 bridgehead atoms. The van der Waals surface area contributed by atoms with Crippen LogP contribution in [0.5, 0.6) is 5.75 Å². The van der Waals surface area contributed by atoms with Gasteiger partial charge < -0.3 is 21.3 Å². The second-order valence-corrected chi connectivity index (χ2v) is 9.64. The van der Waals surface area contributed by atoms with Gasteiger partial charge in [0.2, 0.25) is 0 Å². The smallest absolute Gasteiger partial charge is 0.251 e. The molecule has 37 heavy (non-hydrogen) atoms. The van der Waals surface area contributed by atoms with Crippen LogP contribution < -0.4 is 16.4 Å². The number of benzene rings is 3. The van der Waals surface area contributed by atoms with Crippen LogP contribution in [0.3, 0.4) is 0 Å². The molecule has 0 aliphatic rings. The number of carbonyl (C=O) groups excluding carboxylic acids is 1. The molecule has 0 aliphatic carbocycles. The van der Waals surface area contributed by atoms with E-state index in [1.165, 1.54) is 12.0 Å². The van der Waals surface area contributed by atoms with E-state index in [0.717, 1.165) is 43.2 Å². The van der Waals surface area contributed by atoms with Gasteiger partial charge in [0.1, 0.15) is 12.0 Å². The van der Waals surface area contributed by atoms with Crippen LogP contribution in [-0.4, -0.2) is 34.9 Å². The van der Waals surface area contributed by atoms with Crippen molar-refractivity contribution in [3.63, 3.8) is 0 Å². The summed E-state index contributed by atoms with van der Waals surface area (Å²) in [5, 5.41) is 26.7. The summed E-state index contributed by atoms with van der Waals surface area (Å²) >= 11 is 0. The molecule has 6 nitrogen and oxygen atoms in total. The zero-order valence-corrected chi connectivity index (χ0v) is 21.8. The number of nitrogens with one attached hydrogen (secondary N) is 2. The quantitative estimate of drug-likeness (QED) is 0.114. The van der Waals surface area contributed by atoms with E-state index in [2.05, 4.69) is 29.7 Å². The van der Waals surface area contributed by atoms with Crippen molar-refractivity contribution in [2.24, 2.45) is 0 Å². The van der Waals surface area contributed by atoms with Crippen molar-refractivity contribution in [2.45, 2.75) is 70.6 Å². The third kappa shape index (κ3) is 9.56. The van der Waals surface area contributed by atoms with Crippen LogP contribution in [0.25, 0.3) is 0 Å². The van der Waals surface area contributed by atoms with Gasteiger partial charge in [-0.15, -0.1) is 0 Å². The van der Waals surface area contributed by atoms with Gasteiger partial charge in [-0.25, -0.2) is 0 Å². The minimum atomic E-state index is -0.836. The standard InChI is InChI=1S/C31H41N3O3/c1-2-3-4-8-21-33-31(37)29(20-14-23-9-6-5-7-10-23)34-30(36)26-16-19-28(32)25(22-26)15-11-24-12-17-27(35)18-13-24/h5-7,9-10,12-13,16-19,22,29,31,33,35,37H,2-4,8,11,14-15,20-21,32H2,1H3,(H,34,36). The predicted octanol–water partition coefficient (Wildman–Crippen LogP) is 4.98. The van der Waals surface area contributed by atoms with Crippen LogP contribution in [0.4, 0.5) is 5.69 Å². The molecular weight excluding hydrogens is 462 g/mol. The molecule has 198 valence electrons. The van der Waals surface area contributed by atoms with E-state index in [0.29, 0.717) is 30.6 Å². The summed E-state index contributed by atoms with van der Waals surface area (Å²) in [6.07, 6.45) is 6.41. The molecule has 2 unspecified atom stereocenters. The first-order valence-corrected chi connectivity index (χ1v) is 13.4. The summed E-state index contributed by atoms with van der Waals surface area (Å²) in [5.41, 5.74) is 10.5. The van der Waals surface area contributed by atoms with Crippen molar-refractivity contribution in [1.29, 1.82) is 0 Å². The van der Waals surface area contributed by atoms with Gasteiger partial charge in [0.25, 0.3) is 5.91 Å². The van der Waals surface area contributed by atoms with Crippen molar-refractivity contribution in [2.75, 3.05) is 12.3 Å². The van der Waals surface area contributed by atoms with Gasteiger partial charge in [0.15, 0.2) is 0 Å². The zero-order valence-electron chi connectivity index (χ0n) is 21.8. The largest absolute Gasteiger partial charge is 0.508 e. The van der Waals surface area contributed by atoms with Crippen molar-refractivity contribution in [1.82, 2.24) is 10.6 Å². The number of hydrogen-bond acceptors (Lipinski definition) is 5. The molecule has 3 aromatic rings. The molecule has 1 amide bonds. The molecular formula is C31H41N3O3. The lowest BCUT2D eigenvalue weighted by molar-refractivity contribution is 0.0715. The number of nitrogen functional groups attached to an aromatic ring is 1. The first-order chi connectivity index (χ1) is 18.0. The first-order valence-electron chi connectivity index (χ1n) is 13.4. The topological polar surface area (TPSA) is 108 Å². The number of amides is 1. The highest BCUT2D eigenvalue weighted by Crippen LogP contribution is 2.19. The molecule has 0 saturated heterocycles. The van der Waals surface area contributed by atoms with Crippen LogP contribution in [0.1, 0.15) is 66.1 Å². The van der Waals surface area contributed by atoms with Crippen molar-refractivity contribution < 1.29 is 15.0 Å². The summed E-state index contributed by atoms with van der Waals surface area (Å²) in [5.74, 6) is 0.0113. The highest BCUT2D eigenvalue weighted by Gasteiger charge is 2.22. The number of carbonyl (C=O) groups is 1. The third-order valence-corrected chi connectivity index (χ3v) is 6.69. The Kier molecular flexibility index (Phi) is 11.5. The maximum absolute atomic E-state index is 13.2. The molecule has 6 heteroatoms. The first kappa shape index (κ1) is 28.2. The molecule has 3 aromatic carbocycles. The summed E-state index contributed by atoms with van der Waals surface area (Å²) in [6.45, 7) is 2.88. The van der Waals surface area contributed by atoms with E-state index in [1.54, 1.807) is 24.3 Å². The Hall–Kier alpha value is -3.35. The number of aliphatic hydroxyl groups excluding tert-OH is 1. The molecule has 0 heterocycles. The van der Waals surface area contributed by atoms with E-state index in [1.807, 2.05) is 36.4 Å². The van der Waals surface area contributed by atoms with Crippen LogP contribution in [-0.2, 0) is 19.3 Å². The number of anilines is 1. The normalized spacial score (nSPS) is 12.7. The number of unbranched alkanes of at least 4 members (excludes halogenated alkanes) is 3. The molecule has 0 saturated carbocycles. The summed E-state index contributed by atoms with van der Waals surface area (Å²) < 4.78 is 0. The van der Waals surface area contributed by atoms with E-state index in [4.69, 9.17) is 5.73 Å². The number of aromatic hydroxyl groups is 1. The lowest BCUT2D eigenvalue weighted by Gasteiger charge is -2.25. The number of phenolic OH excluding ortho intramolecular Hbond substituents is 1. The van der Waals surface area contributed by atoms with Crippen molar-refractivity contribution >= 4 is 11.6 Å². The monoisotopic (exact) mass is 503 g/mol. The fourth-order valence-electron chi connectivity index (χ4n) is 4.38. The second kappa shape index (κ2) is 15.0. The number of aliphatic hydroxyl groups is 1. The van der Waals surface area contributed by atoms with Gasteiger partial charge in [-0.2, -0.15) is 0 Å². The number of rotatable bonds is 15. The van der Waals surface area contributed by atoms with Gasteiger partial charge in [0.05, 0.1) is 6.04 Å². The Bertz CT molecular complexity index is 1090. The second-order valence-electron chi connectivity index (χ2n) is 9.64. The van der Waals surface area contributed by atoms with Gasteiger partial charge in [-0.1, -0.05) is 68.7 Å². The molecule has 0 radical (unpaired) electrons. The maximum Gasteiger partial charge on any atom is 0.251 e. The van der Waals surface area contributed by atoms with Crippen molar-refractivity contribution in [3.05, 3.63) is 95.1 Å². The Morgan fingerprint density at radius 1 is 0.892 bits per heavy atom. The summed E-state index contributed by atoms with van der Waals surface area (Å²) in [7, 11) is 0. The number of hydrogen-bond donors (Lipinski definition) is 5.